The molecule has 0 spiro atoms. The van der Waals surface area contributed by atoms with Crippen molar-refractivity contribution in [3.8, 4) is 0 Å². The van der Waals surface area contributed by atoms with Crippen LogP contribution in [0.2, 0.25) is 0 Å². The number of epoxide rings is 1. The van der Waals surface area contributed by atoms with Crippen molar-refractivity contribution < 1.29 is 33.6 Å². The number of aliphatic hydroxyl groups excluding tert-OH is 1. The Kier molecular flexibility index (Phi) is 5.88. The normalized spacial score (nSPS) is 50.0. The van der Waals surface area contributed by atoms with Crippen LogP contribution in [0.3, 0.4) is 0 Å². The van der Waals surface area contributed by atoms with Crippen LogP contribution in [0.4, 0.5) is 4.79 Å². The van der Waals surface area contributed by atoms with Gasteiger partial charge in [0.25, 0.3) is 0 Å². The van der Waals surface area contributed by atoms with Gasteiger partial charge in [-0.3, -0.25) is 0 Å². The van der Waals surface area contributed by atoms with Crippen LogP contribution in [0.15, 0.2) is 11.6 Å². The molecule has 0 aromatic carbocycles. The Morgan fingerprint density at radius 2 is 1.83 bits per heavy atom. The van der Waals surface area contributed by atoms with E-state index >= 15 is 0 Å². The highest BCUT2D eigenvalue weighted by atomic mass is 16.7. The van der Waals surface area contributed by atoms with Crippen LogP contribution in [-0.4, -0.2) is 62.3 Å². The third-order valence-corrected chi connectivity index (χ3v) is 11.3. The van der Waals surface area contributed by atoms with Crippen molar-refractivity contribution in [1.82, 2.24) is 0 Å². The zero-order valence-corrected chi connectivity index (χ0v) is 22.7. The molecule has 0 aromatic rings. The fourth-order valence-electron chi connectivity index (χ4n) is 9.38. The van der Waals surface area contributed by atoms with Crippen LogP contribution in [-0.2, 0) is 23.7 Å². The van der Waals surface area contributed by atoms with Crippen LogP contribution in [0.1, 0.15) is 66.7 Å². The zero-order chi connectivity index (χ0) is 25.6. The molecule has 36 heavy (non-hydrogen) atoms. The molecule has 0 radical (unpaired) electrons. The molecule has 4 aliphatic carbocycles. The monoisotopic (exact) mass is 504 g/mol. The van der Waals surface area contributed by atoms with E-state index in [9.17, 15) is 9.90 Å². The van der Waals surface area contributed by atoms with Crippen LogP contribution < -0.4 is 0 Å². The van der Waals surface area contributed by atoms with Crippen LogP contribution in [0.25, 0.3) is 0 Å². The minimum Gasteiger partial charge on any atom is -0.438 e. The smallest absolute Gasteiger partial charge is 0.438 e. The van der Waals surface area contributed by atoms with E-state index in [1.807, 2.05) is 0 Å². The molecule has 1 N–H and O–H groups in total. The van der Waals surface area contributed by atoms with Crippen LogP contribution >= 0.6 is 0 Å². The van der Waals surface area contributed by atoms with E-state index in [0.717, 1.165) is 38.9 Å². The lowest BCUT2D eigenvalue weighted by Gasteiger charge is -2.59. The van der Waals surface area contributed by atoms with E-state index < -0.39 is 12.3 Å². The van der Waals surface area contributed by atoms with Crippen molar-refractivity contribution in [2.75, 3.05) is 20.3 Å². The Bertz CT molecular complexity index is 921. The molecule has 5 fully saturated rings. The molecular weight excluding hydrogens is 460 g/mol. The number of carbonyl (C=O) groups excluding carboxylic acids is 1. The molecule has 0 aromatic heterocycles. The van der Waals surface area contributed by atoms with Crippen molar-refractivity contribution in [3.63, 3.8) is 0 Å². The fraction of sp³-hybridized carbons (Fsp3) is 0.897. The first kappa shape index (κ1) is 25.1. The Labute approximate surface area is 215 Å². The largest absolute Gasteiger partial charge is 0.508 e. The minimum absolute atomic E-state index is 0.0552. The van der Waals surface area contributed by atoms with E-state index in [4.69, 9.17) is 23.7 Å². The first-order valence-corrected chi connectivity index (χ1v) is 14.0. The van der Waals surface area contributed by atoms with Crippen LogP contribution in [0.5, 0.6) is 0 Å². The molecule has 6 rings (SSSR count). The first-order chi connectivity index (χ1) is 17.0. The second kappa shape index (κ2) is 8.42. The van der Waals surface area contributed by atoms with Crippen molar-refractivity contribution in [1.29, 1.82) is 0 Å². The van der Waals surface area contributed by atoms with E-state index in [-0.39, 0.29) is 46.8 Å². The topological polar surface area (TPSA) is 86.8 Å². The lowest BCUT2D eigenvalue weighted by atomic mass is 9.46. The Hall–Kier alpha value is -1.15. The molecule has 0 bridgehead atoms. The standard InChI is InChI=1S/C29H44O7/c1-15(25-33-13-27(2,3)14-34-25)17-7-8-18-22-19(9-10-28(17,18)4)29(5)16(11-20(30)23-24(29)36-23)12-21(22)35-26(31)32-6/h12,15,17-25,30H,7-11,13-14H2,1-6H3/t15?,17-,18+,19+,20-,21-,22+,23+,24+,28-,29+/m1/s1. The Morgan fingerprint density at radius 1 is 1.11 bits per heavy atom. The van der Waals surface area contributed by atoms with Crippen molar-refractivity contribution in [2.45, 2.75) is 97.4 Å². The van der Waals surface area contributed by atoms with Gasteiger partial charge in [-0.1, -0.05) is 40.2 Å². The summed E-state index contributed by atoms with van der Waals surface area (Å²) in [6.07, 6.45) is 5.61. The predicted octanol–water partition coefficient (Wildman–Crippen LogP) is 4.71. The van der Waals surface area contributed by atoms with Gasteiger partial charge in [-0.05, 0) is 61.3 Å². The van der Waals surface area contributed by atoms with Crippen molar-refractivity contribution >= 4 is 6.16 Å². The molecule has 3 saturated carbocycles. The summed E-state index contributed by atoms with van der Waals surface area (Å²) < 4.78 is 29.5. The Balaban J connectivity index is 1.30. The second-order valence-electron chi connectivity index (χ2n) is 13.8. The summed E-state index contributed by atoms with van der Waals surface area (Å²) in [7, 11) is 1.37. The summed E-state index contributed by atoms with van der Waals surface area (Å²) in [5.74, 6) is 1.78. The van der Waals surface area contributed by atoms with E-state index in [2.05, 4.69) is 40.7 Å². The van der Waals surface area contributed by atoms with Gasteiger partial charge in [0.05, 0.1) is 32.5 Å². The number of ether oxygens (including phenoxy) is 5. The highest BCUT2D eigenvalue weighted by molar-refractivity contribution is 5.60. The van der Waals surface area contributed by atoms with Crippen molar-refractivity contribution in [3.05, 3.63) is 11.6 Å². The summed E-state index contributed by atoms with van der Waals surface area (Å²) in [6, 6.07) is 0. The maximum atomic E-state index is 12.4. The van der Waals surface area contributed by atoms with E-state index in [1.165, 1.54) is 12.7 Å². The average Bonchev–Trinajstić information content (AvgIpc) is 3.58. The number of rotatable bonds is 3. The number of fused-ring (bicyclic) bond motifs is 7. The second-order valence-corrected chi connectivity index (χ2v) is 13.8. The van der Waals surface area contributed by atoms with Gasteiger partial charge in [-0.25, -0.2) is 4.79 Å². The number of methoxy groups -OCH3 is 1. The molecular formula is C29H44O7. The Morgan fingerprint density at radius 3 is 2.53 bits per heavy atom. The van der Waals surface area contributed by atoms with Gasteiger partial charge in [-0.15, -0.1) is 0 Å². The maximum Gasteiger partial charge on any atom is 0.508 e. The summed E-state index contributed by atoms with van der Waals surface area (Å²) >= 11 is 0. The number of carbonyl (C=O) groups is 1. The molecule has 2 saturated heterocycles. The minimum atomic E-state index is -0.627. The highest BCUT2D eigenvalue weighted by Gasteiger charge is 2.69. The molecule has 2 heterocycles. The molecule has 0 amide bonds. The van der Waals surface area contributed by atoms with E-state index in [1.54, 1.807) is 0 Å². The summed E-state index contributed by atoms with van der Waals surface area (Å²) in [6.45, 7) is 12.9. The molecule has 2 aliphatic heterocycles. The highest BCUT2D eigenvalue weighted by Crippen LogP contribution is 2.69. The summed E-state index contributed by atoms with van der Waals surface area (Å²) in [4.78, 5) is 12.4. The van der Waals surface area contributed by atoms with Gasteiger partial charge in [0.1, 0.15) is 12.2 Å². The molecule has 6 aliphatic rings. The fourth-order valence-corrected chi connectivity index (χ4v) is 9.38. The number of aliphatic hydroxyl groups is 1. The molecule has 1 unspecified atom stereocenters. The summed E-state index contributed by atoms with van der Waals surface area (Å²) in [5.41, 5.74) is 1.27. The van der Waals surface area contributed by atoms with Gasteiger partial charge in [-0.2, -0.15) is 0 Å². The number of hydrogen-bond acceptors (Lipinski definition) is 7. The maximum absolute atomic E-state index is 12.4. The number of hydrogen-bond donors (Lipinski definition) is 1. The molecule has 7 heteroatoms. The lowest BCUT2D eigenvalue weighted by Crippen LogP contribution is -2.58. The zero-order valence-electron chi connectivity index (χ0n) is 22.7. The molecule has 7 nitrogen and oxygen atoms in total. The molecule has 11 atom stereocenters. The van der Waals surface area contributed by atoms with Crippen LogP contribution in [0, 0.1) is 45.8 Å². The van der Waals surface area contributed by atoms with Crippen molar-refractivity contribution in [2.24, 2.45) is 45.8 Å². The SMILES string of the molecule is COC(=O)O[C@@H]1C=C2C[C@@H](O)[C@@H]3O[C@@H]3[C@]2(C)[C@H]2CC[C@]3(C)[C@@H](C(C)C4OCC(C)(C)CO4)CC[C@H]3[C@H]12. The van der Waals surface area contributed by atoms with Gasteiger partial charge >= 0.3 is 6.16 Å². The molecule has 202 valence electrons. The van der Waals surface area contributed by atoms with Gasteiger partial charge in [0.15, 0.2) is 6.29 Å². The quantitative estimate of drug-likeness (QED) is 0.338. The van der Waals surface area contributed by atoms with E-state index in [0.29, 0.717) is 30.1 Å². The van der Waals surface area contributed by atoms with Gasteiger partial charge < -0.3 is 28.8 Å². The lowest BCUT2D eigenvalue weighted by molar-refractivity contribution is -0.253. The average molecular weight is 505 g/mol. The van der Waals surface area contributed by atoms with Gasteiger partial charge in [0, 0.05) is 22.7 Å². The predicted molar refractivity (Wildman–Crippen MR) is 132 cm³/mol. The summed E-state index contributed by atoms with van der Waals surface area (Å²) in [5, 5.41) is 10.6. The van der Waals surface area contributed by atoms with Gasteiger partial charge in [0.2, 0.25) is 0 Å². The third-order valence-electron chi connectivity index (χ3n) is 11.3. The third kappa shape index (κ3) is 3.63. The first-order valence-electron chi connectivity index (χ1n) is 14.0.